The molecular formula is C17H21N3O6S. The van der Waals surface area contributed by atoms with Gasteiger partial charge in [0, 0.05) is 19.3 Å². The number of nitriles is 1. The lowest BCUT2D eigenvalue weighted by Gasteiger charge is -2.26. The third kappa shape index (κ3) is 4.97. The number of rotatable bonds is 7. The maximum atomic E-state index is 12.8. The van der Waals surface area contributed by atoms with E-state index in [2.05, 4.69) is 5.32 Å². The van der Waals surface area contributed by atoms with E-state index in [0.717, 1.165) is 6.20 Å². The van der Waals surface area contributed by atoms with Gasteiger partial charge in [-0.15, -0.1) is 0 Å². The second-order valence-electron chi connectivity index (χ2n) is 5.41. The topological polar surface area (TPSA) is 118 Å². The molecule has 27 heavy (non-hydrogen) atoms. The van der Waals surface area contributed by atoms with Crippen molar-refractivity contribution in [3.05, 3.63) is 30.0 Å². The molecule has 1 aliphatic rings. The summed E-state index contributed by atoms with van der Waals surface area (Å²) in [5.74, 6) is -0.420. The van der Waals surface area contributed by atoms with Crippen molar-refractivity contribution >= 4 is 21.7 Å². The molecule has 0 aliphatic carbocycles. The lowest BCUT2D eigenvalue weighted by molar-refractivity contribution is -0.138. The molecule has 0 amide bonds. The summed E-state index contributed by atoms with van der Waals surface area (Å²) in [6, 6.07) is 6.06. The molecule has 10 heteroatoms. The smallest absolute Gasteiger partial charge is 0.350 e. The van der Waals surface area contributed by atoms with E-state index in [1.54, 1.807) is 13.0 Å². The van der Waals surface area contributed by atoms with Crippen LogP contribution in [0.2, 0.25) is 0 Å². The largest absolute Gasteiger partial charge is 0.495 e. The Morgan fingerprint density at radius 1 is 1.41 bits per heavy atom. The van der Waals surface area contributed by atoms with E-state index >= 15 is 0 Å². The van der Waals surface area contributed by atoms with Gasteiger partial charge in [0.15, 0.2) is 5.57 Å². The molecule has 9 nitrogen and oxygen atoms in total. The molecule has 1 aromatic carbocycles. The van der Waals surface area contributed by atoms with Gasteiger partial charge in [-0.25, -0.2) is 13.2 Å². The van der Waals surface area contributed by atoms with Gasteiger partial charge in [-0.2, -0.15) is 9.57 Å². The van der Waals surface area contributed by atoms with Gasteiger partial charge in [-0.05, 0) is 25.1 Å². The highest BCUT2D eigenvalue weighted by Crippen LogP contribution is 2.29. The van der Waals surface area contributed by atoms with Crippen molar-refractivity contribution in [2.45, 2.75) is 11.8 Å². The predicted molar refractivity (Wildman–Crippen MR) is 96.5 cm³/mol. The highest BCUT2D eigenvalue weighted by atomic mass is 32.2. The van der Waals surface area contributed by atoms with Gasteiger partial charge in [-0.3, -0.25) is 0 Å². The summed E-state index contributed by atoms with van der Waals surface area (Å²) in [5, 5.41) is 11.8. The van der Waals surface area contributed by atoms with Gasteiger partial charge in [0.1, 0.15) is 11.8 Å². The minimum absolute atomic E-state index is 0.0655. The van der Waals surface area contributed by atoms with Crippen molar-refractivity contribution in [2.75, 3.05) is 45.3 Å². The number of nitrogens with one attached hydrogen (secondary N) is 1. The van der Waals surface area contributed by atoms with E-state index < -0.39 is 16.0 Å². The first-order valence-electron chi connectivity index (χ1n) is 8.24. The van der Waals surface area contributed by atoms with Crippen molar-refractivity contribution in [2.24, 2.45) is 0 Å². The number of carbonyl (C=O) groups excluding carboxylic acids is 1. The maximum absolute atomic E-state index is 12.8. The van der Waals surface area contributed by atoms with Gasteiger partial charge in [0.05, 0.1) is 37.5 Å². The fraction of sp³-hybridized carbons (Fsp3) is 0.412. The van der Waals surface area contributed by atoms with Crippen LogP contribution < -0.4 is 10.1 Å². The maximum Gasteiger partial charge on any atom is 0.350 e. The predicted octanol–water partition coefficient (Wildman–Crippen LogP) is 1.10. The Labute approximate surface area is 158 Å². The molecule has 0 spiro atoms. The van der Waals surface area contributed by atoms with Gasteiger partial charge in [0.2, 0.25) is 10.0 Å². The summed E-state index contributed by atoms with van der Waals surface area (Å²) in [5.41, 5.74) is 0.0456. The average molecular weight is 395 g/mol. The third-order valence-corrected chi connectivity index (χ3v) is 5.66. The molecule has 0 bridgehead atoms. The Hall–Kier alpha value is -2.61. The molecular weight excluding hydrogens is 374 g/mol. The minimum Gasteiger partial charge on any atom is -0.495 e. The Morgan fingerprint density at radius 2 is 2.11 bits per heavy atom. The molecule has 0 unspecified atom stereocenters. The summed E-state index contributed by atoms with van der Waals surface area (Å²) >= 11 is 0. The molecule has 0 atom stereocenters. The summed E-state index contributed by atoms with van der Waals surface area (Å²) < 4.78 is 42.1. The molecule has 1 aromatic rings. The van der Waals surface area contributed by atoms with Crippen molar-refractivity contribution < 1.29 is 27.4 Å². The Morgan fingerprint density at radius 3 is 2.70 bits per heavy atom. The molecule has 0 radical (unpaired) electrons. The average Bonchev–Trinajstić information content (AvgIpc) is 2.69. The van der Waals surface area contributed by atoms with Crippen LogP contribution in [0, 0.1) is 11.3 Å². The van der Waals surface area contributed by atoms with E-state index in [1.807, 2.05) is 0 Å². The molecule has 1 fully saturated rings. The van der Waals surface area contributed by atoms with Crippen LogP contribution in [0.25, 0.3) is 0 Å². The number of esters is 1. The van der Waals surface area contributed by atoms with Crippen LogP contribution in [0.3, 0.4) is 0 Å². The third-order valence-electron chi connectivity index (χ3n) is 3.77. The van der Waals surface area contributed by atoms with E-state index in [1.165, 1.54) is 29.6 Å². The zero-order chi connectivity index (χ0) is 19.9. The number of nitrogens with zero attached hydrogens (tertiary/aromatic N) is 2. The Bertz CT molecular complexity index is 854. The Balaban J connectivity index is 2.32. The van der Waals surface area contributed by atoms with E-state index in [9.17, 15) is 13.2 Å². The van der Waals surface area contributed by atoms with Gasteiger partial charge < -0.3 is 19.5 Å². The fourth-order valence-corrected chi connectivity index (χ4v) is 3.83. The molecule has 0 aromatic heterocycles. The first-order valence-corrected chi connectivity index (χ1v) is 9.68. The van der Waals surface area contributed by atoms with Crippen molar-refractivity contribution in [3.8, 4) is 11.8 Å². The minimum atomic E-state index is -3.70. The summed E-state index contributed by atoms with van der Waals surface area (Å²) in [7, 11) is -2.27. The molecule has 1 aliphatic heterocycles. The summed E-state index contributed by atoms with van der Waals surface area (Å²) in [4.78, 5) is 11.7. The number of anilines is 1. The second-order valence-corrected chi connectivity index (χ2v) is 7.35. The van der Waals surface area contributed by atoms with Crippen molar-refractivity contribution in [1.29, 1.82) is 5.26 Å². The van der Waals surface area contributed by atoms with Gasteiger partial charge in [0.25, 0.3) is 0 Å². The van der Waals surface area contributed by atoms with E-state index in [0.29, 0.717) is 24.7 Å². The van der Waals surface area contributed by atoms with Crippen LogP contribution in [-0.4, -0.2) is 58.7 Å². The standard InChI is InChI=1S/C17H21N3O6S/c1-3-26-17(21)13(11-18)12-19-15-10-14(4-5-16(15)24-2)27(22,23)20-6-8-25-9-7-20/h4-5,10,12,19H,3,6-9H2,1-2H3/b13-12+. The molecule has 1 heterocycles. The van der Waals surface area contributed by atoms with Crippen LogP contribution in [0.5, 0.6) is 5.75 Å². The number of hydrogen-bond donors (Lipinski definition) is 1. The van der Waals surface area contributed by atoms with Gasteiger partial charge >= 0.3 is 5.97 Å². The highest BCUT2D eigenvalue weighted by molar-refractivity contribution is 7.89. The molecule has 2 rings (SSSR count). The first kappa shape index (κ1) is 20.7. The summed E-state index contributed by atoms with van der Waals surface area (Å²) in [6.45, 7) is 3.00. The number of benzene rings is 1. The zero-order valence-electron chi connectivity index (χ0n) is 15.1. The SMILES string of the molecule is CCOC(=O)/C(C#N)=C/Nc1cc(S(=O)(=O)N2CCOCC2)ccc1OC. The molecule has 146 valence electrons. The normalized spacial score (nSPS) is 15.7. The summed E-state index contributed by atoms with van der Waals surface area (Å²) in [6.07, 6.45) is 1.15. The lowest BCUT2D eigenvalue weighted by atomic mass is 10.2. The number of methoxy groups -OCH3 is 1. The number of ether oxygens (including phenoxy) is 3. The monoisotopic (exact) mass is 395 g/mol. The number of hydrogen-bond acceptors (Lipinski definition) is 8. The fourth-order valence-electron chi connectivity index (χ4n) is 2.39. The first-order chi connectivity index (χ1) is 12.9. The molecule has 1 N–H and O–H groups in total. The molecule has 0 saturated carbocycles. The number of morpholine rings is 1. The van der Waals surface area contributed by atoms with Crippen molar-refractivity contribution in [1.82, 2.24) is 4.31 Å². The number of sulfonamides is 1. The van der Waals surface area contributed by atoms with Crippen LogP contribution >= 0.6 is 0 Å². The van der Waals surface area contributed by atoms with Crippen LogP contribution in [0.15, 0.2) is 34.9 Å². The van der Waals surface area contributed by atoms with Crippen LogP contribution in [0.4, 0.5) is 5.69 Å². The molecule has 1 saturated heterocycles. The van der Waals surface area contributed by atoms with Crippen LogP contribution in [0.1, 0.15) is 6.92 Å². The van der Waals surface area contributed by atoms with E-state index in [4.69, 9.17) is 19.5 Å². The Kier molecular flexibility index (Phi) is 7.18. The highest BCUT2D eigenvalue weighted by Gasteiger charge is 2.27. The second kappa shape index (κ2) is 9.36. The van der Waals surface area contributed by atoms with E-state index in [-0.39, 0.29) is 30.2 Å². The zero-order valence-corrected chi connectivity index (χ0v) is 15.9. The lowest BCUT2D eigenvalue weighted by Crippen LogP contribution is -2.40. The number of carbonyl (C=O) groups is 1. The van der Waals surface area contributed by atoms with Crippen LogP contribution in [-0.2, 0) is 24.3 Å². The quantitative estimate of drug-likeness (QED) is 0.414. The van der Waals surface area contributed by atoms with Crippen molar-refractivity contribution in [3.63, 3.8) is 0 Å². The van der Waals surface area contributed by atoms with Gasteiger partial charge in [-0.1, -0.05) is 0 Å².